The van der Waals surface area contributed by atoms with Gasteiger partial charge in [-0.3, -0.25) is 0 Å². The first-order chi connectivity index (χ1) is 13.5. The lowest BCUT2D eigenvalue weighted by molar-refractivity contribution is -0.156. The van der Waals surface area contributed by atoms with Crippen LogP contribution in [0.3, 0.4) is 0 Å². The maximum atomic E-state index is 12.4. The molecule has 1 N–H and O–H groups in total. The second-order valence-electron chi connectivity index (χ2n) is 8.20. The Labute approximate surface area is 175 Å². The van der Waals surface area contributed by atoms with Crippen molar-refractivity contribution in [2.75, 3.05) is 6.61 Å². The minimum atomic E-state index is -0.990. The van der Waals surface area contributed by atoms with Crippen LogP contribution < -0.4 is 4.74 Å². The molecule has 0 aliphatic carbocycles. The maximum absolute atomic E-state index is 12.4. The summed E-state index contributed by atoms with van der Waals surface area (Å²) in [6.07, 6.45) is 12.1. The molecule has 0 heterocycles. The monoisotopic (exact) mass is 400 g/mol. The second kappa shape index (κ2) is 11.0. The summed E-state index contributed by atoms with van der Waals surface area (Å²) < 4.78 is 11.3. The lowest BCUT2D eigenvalue weighted by Gasteiger charge is -2.25. The molecule has 0 aliphatic rings. The lowest BCUT2D eigenvalue weighted by Crippen LogP contribution is -2.31. The summed E-state index contributed by atoms with van der Waals surface area (Å²) in [6, 6.07) is 5.64. The van der Waals surface area contributed by atoms with Gasteiger partial charge in [-0.25, -0.2) is 4.79 Å². The zero-order chi connectivity index (χ0) is 22.1. The van der Waals surface area contributed by atoms with Gasteiger partial charge in [0, 0.05) is 0 Å². The van der Waals surface area contributed by atoms with Crippen LogP contribution in [0.25, 0.3) is 0 Å². The number of carbonyl (C=O) groups is 1. The molecule has 0 spiro atoms. The molecule has 0 saturated heterocycles. The first-order valence-corrected chi connectivity index (χ1v) is 10.2. The topological polar surface area (TPSA) is 55.8 Å². The number of carbonyl (C=O) groups excluding carboxylic acids is 1. The Bertz CT molecular complexity index is 751. The van der Waals surface area contributed by atoms with Crippen molar-refractivity contribution in [3.05, 3.63) is 65.8 Å². The first kappa shape index (κ1) is 24.7. The van der Waals surface area contributed by atoms with Crippen molar-refractivity contribution in [3.63, 3.8) is 0 Å². The van der Waals surface area contributed by atoms with E-state index >= 15 is 0 Å². The quantitative estimate of drug-likeness (QED) is 0.397. The highest BCUT2D eigenvalue weighted by molar-refractivity contribution is 5.72. The zero-order valence-electron chi connectivity index (χ0n) is 18.9. The van der Waals surface area contributed by atoms with Gasteiger partial charge in [0.15, 0.2) is 6.61 Å². The van der Waals surface area contributed by atoms with Gasteiger partial charge in [-0.15, -0.1) is 0 Å². The number of benzene rings is 1. The normalized spacial score (nSPS) is 14.8. The SMILES string of the molecule is C\C=C/C=C\C=C\C(C)(CC)OC(=O)COc1cc(C(C)C)cc(C(C)(C)O)c1. The van der Waals surface area contributed by atoms with Crippen molar-refractivity contribution in [3.8, 4) is 5.75 Å². The molecule has 0 bridgehead atoms. The molecule has 0 saturated carbocycles. The predicted molar refractivity (Wildman–Crippen MR) is 119 cm³/mol. The lowest BCUT2D eigenvalue weighted by atomic mass is 9.92. The fourth-order valence-electron chi connectivity index (χ4n) is 2.55. The average molecular weight is 401 g/mol. The van der Waals surface area contributed by atoms with Crippen LogP contribution in [-0.4, -0.2) is 23.3 Å². The smallest absolute Gasteiger partial charge is 0.345 e. The van der Waals surface area contributed by atoms with Crippen LogP contribution in [0.1, 0.15) is 71.9 Å². The van der Waals surface area contributed by atoms with Gasteiger partial charge < -0.3 is 14.6 Å². The number of aliphatic hydroxyl groups is 1. The molecule has 0 amide bonds. The molecule has 4 heteroatoms. The van der Waals surface area contributed by atoms with Crippen molar-refractivity contribution in [2.24, 2.45) is 0 Å². The van der Waals surface area contributed by atoms with Crippen molar-refractivity contribution in [1.82, 2.24) is 0 Å². The Morgan fingerprint density at radius 3 is 2.31 bits per heavy atom. The van der Waals surface area contributed by atoms with Crippen LogP contribution >= 0.6 is 0 Å². The minimum absolute atomic E-state index is 0.190. The number of hydrogen-bond donors (Lipinski definition) is 1. The van der Waals surface area contributed by atoms with E-state index in [-0.39, 0.29) is 12.5 Å². The highest BCUT2D eigenvalue weighted by atomic mass is 16.6. The van der Waals surface area contributed by atoms with Crippen LogP contribution in [0, 0.1) is 0 Å². The highest BCUT2D eigenvalue weighted by Crippen LogP contribution is 2.29. The molecule has 0 fully saturated rings. The number of allylic oxidation sites excluding steroid dienone is 5. The zero-order valence-corrected chi connectivity index (χ0v) is 18.9. The summed E-state index contributed by atoms with van der Waals surface area (Å²) in [5.41, 5.74) is 0.109. The van der Waals surface area contributed by atoms with Crippen LogP contribution in [0.15, 0.2) is 54.7 Å². The predicted octanol–water partition coefficient (Wildman–Crippen LogP) is 5.82. The van der Waals surface area contributed by atoms with Crippen LogP contribution in [0.2, 0.25) is 0 Å². The Hall–Kier alpha value is -2.33. The van der Waals surface area contributed by atoms with E-state index in [9.17, 15) is 9.90 Å². The van der Waals surface area contributed by atoms with E-state index in [1.807, 2.05) is 69.4 Å². The Kier molecular flexibility index (Phi) is 9.38. The van der Waals surface area contributed by atoms with E-state index in [1.54, 1.807) is 19.9 Å². The van der Waals surface area contributed by atoms with Crippen molar-refractivity contribution >= 4 is 5.97 Å². The van der Waals surface area contributed by atoms with Gasteiger partial charge in [-0.05, 0) is 69.4 Å². The fraction of sp³-hybridized carbons (Fsp3) is 0.480. The van der Waals surface area contributed by atoms with Crippen LogP contribution in [-0.2, 0) is 15.1 Å². The molecule has 0 aromatic heterocycles. The first-order valence-electron chi connectivity index (χ1n) is 10.2. The minimum Gasteiger partial charge on any atom is -0.482 e. The second-order valence-corrected chi connectivity index (χ2v) is 8.20. The Morgan fingerprint density at radius 2 is 1.76 bits per heavy atom. The fourth-order valence-corrected chi connectivity index (χ4v) is 2.55. The molecular weight excluding hydrogens is 364 g/mol. The maximum Gasteiger partial charge on any atom is 0.345 e. The molecule has 1 atom stereocenters. The molecule has 0 radical (unpaired) electrons. The average Bonchev–Trinajstić information content (AvgIpc) is 2.65. The summed E-state index contributed by atoms with van der Waals surface area (Å²) in [5.74, 6) is 0.389. The molecule has 160 valence electrons. The van der Waals surface area contributed by atoms with Crippen molar-refractivity contribution in [2.45, 2.75) is 72.0 Å². The number of ether oxygens (including phenoxy) is 2. The van der Waals surface area contributed by atoms with Gasteiger partial charge in [0.1, 0.15) is 11.4 Å². The van der Waals surface area contributed by atoms with Gasteiger partial charge in [0.2, 0.25) is 0 Å². The van der Waals surface area contributed by atoms with Gasteiger partial charge in [-0.1, -0.05) is 57.2 Å². The number of esters is 1. The third-order valence-electron chi connectivity index (χ3n) is 4.68. The van der Waals surface area contributed by atoms with E-state index in [1.165, 1.54) is 0 Å². The van der Waals surface area contributed by atoms with Crippen LogP contribution in [0.4, 0.5) is 0 Å². The largest absolute Gasteiger partial charge is 0.482 e. The third kappa shape index (κ3) is 8.70. The summed E-state index contributed by atoms with van der Waals surface area (Å²) in [7, 11) is 0. The van der Waals surface area contributed by atoms with E-state index in [0.717, 1.165) is 11.1 Å². The van der Waals surface area contributed by atoms with Crippen molar-refractivity contribution < 1.29 is 19.4 Å². The number of rotatable bonds is 10. The summed E-state index contributed by atoms with van der Waals surface area (Å²) in [4.78, 5) is 12.4. The van der Waals surface area contributed by atoms with Gasteiger partial charge in [0.25, 0.3) is 0 Å². The molecule has 4 nitrogen and oxygen atoms in total. The molecule has 0 aliphatic heterocycles. The molecular formula is C25H36O4. The molecule has 1 unspecified atom stereocenters. The van der Waals surface area contributed by atoms with E-state index in [0.29, 0.717) is 12.2 Å². The molecule has 1 aromatic carbocycles. The highest BCUT2D eigenvalue weighted by Gasteiger charge is 2.24. The van der Waals surface area contributed by atoms with Gasteiger partial charge in [-0.2, -0.15) is 0 Å². The summed E-state index contributed by atoms with van der Waals surface area (Å²) in [6.45, 7) is 13.2. The summed E-state index contributed by atoms with van der Waals surface area (Å²) >= 11 is 0. The van der Waals surface area contributed by atoms with Crippen LogP contribution in [0.5, 0.6) is 5.75 Å². The van der Waals surface area contributed by atoms with Crippen molar-refractivity contribution in [1.29, 1.82) is 0 Å². The summed E-state index contributed by atoms with van der Waals surface area (Å²) in [5, 5.41) is 10.4. The Balaban J connectivity index is 2.84. The van der Waals surface area contributed by atoms with E-state index < -0.39 is 17.2 Å². The Morgan fingerprint density at radius 1 is 1.10 bits per heavy atom. The molecule has 29 heavy (non-hydrogen) atoms. The molecule has 1 aromatic rings. The van der Waals surface area contributed by atoms with Gasteiger partial charge in [0.05, 0.1) is 5.60 Å². The standard InChI is InChI=1S/C25H36O4/c1-8-10-11-12-13-14-25(7,9-2)29-23(26)18-28-22-16-20(19(3)4)15-21(17-22)24(5,6)27/h8,10-17,19,27H,9,18H2,1-7H3/b10-8-,12-11-,14-13+. The van der Waals surface area contributed by atoms with Gasteiger partial charge >= 0.3 is 5.97 Å². The third-order valence-corrected chi connectivity index (χ3v) is 4.68. The number of hydrogen-bond acceptors (Lipinski definition) is 4. The molecule has 1 rings (SSSR count). The van der Waals surface area contributed by atoms with E-state index in [2.05, 4.69) is 13.8 Å². The van der Waals surface area contributed by atoms with E-state index in [4.69, 9.17) is 9.47 Å².